The third kappa shape index (κ3) is 13.8. The van der Waals surface area contributed by atoms with Gasteiger partial charge >= 0.3 is 5.51 Å². The molecule has 87 heavy (non-hydrogen) atoms. The van der Waals surface area contributed by atoms with Gasteiger partial charge in [-0.05, 0) is 134 Å². The highest BCUT2D eigenvalue weighted by Crippen LogP contribution is 2.44. The number of nitrogens with zero attached hydrogens (tertiary/aromatic N) is 5. The van der Waals surface area contributed by atoms with Crippen molar-refractivity contribution in [3.05, 3.63) is 153 Å². The molecule has 3 unspecified atom stereocenters. The first-order valence-corrected chi connectivity index (χ1v) is 33.7. The molecule has 3 N–H and O–H groups in total. The summed E-state index contributed by atoms with van der Waals surface area (Å²) in [5.41, 5.74) is -0.499. The third-order valence-corrected chi connectivity index (χ3v) is 22.2. The summed E-state index contributed by atoms with van der Waals surface area (Å²) in [4.78, 5) is 60.4. The number of sulfone groups is 1. The molecule has 16 nitrogen and oxygen atoms in total. The lowest BCUT2D eigenvalue weighted by molar-refractivity contribution is -0.136. The standard InChI is InChI=1S/C63H69ClF4N8O8S3/c1-62(2)26-24-51(40-8-13-44(64)14-9-40)43(33-62)34-72-28-30-73(31-29-72)46-15-10-41(11-16-46)59(78)71-87(83,84)50-19-21-54(56(32-50)86(81,82)63(66,67)68)69-45(39-85-49-6-4-3-5-7-49)25-27-74-36-48-18-17-47(74)37-75(48)35-42-12-20-52-53(58(42)65)38-76(61(52)80)55-22-23-57(77)70-60(55)79/h3-16,19-21,32,45,47-48,55,69H,17-18,22-31,33-39H2,1-2H3,(H,71,78)(H,70,77,79)/t45-,47?,48?,55?/m1/s1. The summed E-state index contributed by atoms with van der Waals surface area (Å²) in [6.07, 6.45) is 5.31. The van der Waals surface area contributed by atoms with E-state index >= 15 is 4.39 Å². The van der Waals surface area contributed by atoms with Crippen molar-refractivity contribution in [2.24, 2.45) is 5.41 Å². The van der Waals surface area contributed by atoms with Crippen LogP contribution in [-0.4, -0.2) is 148 Å². The van der Waals surface area contributed by atoms with E-state index in [1.807, 2.05) is 47.2 Å². The predicted octanol–water partition coefficient (Wildman–Crippen LogP) is 9.75. The van der Waals surface area contributed by atoms with E-state index < -0.39 is 82.4 Å². The third-order valence-electron chi connectivity index (χ3n) is 17.9. The quantitative estimate of drug-likeness (QED) is 0.0403. The zero-order chi connectivity index (χ0) is 61.6. The number of carbonyl (C=O) groups excluding carboxylic acids is 4. The van der Waals surface area contributed by atoms with Crippen LogP contribution >= 0.6 is 23.4 Å². The van der Waals surface area contributed by atoms with Crippen molar-refractivity contribution >= 4 is 83.8 Å². The lowest BCUT2D eigenvalue weighted by Gasteiger charge is -2.52. The number of nitrogens with one attached hydrogen (secondary N) is 3. The summed E-state index contributed by atoms with van der Waals surface area (Å²) < 4.78 is 117. The molecule has 0 aromatic heterocycles. The number of benzene rings is 5. The number of rotatable bonds is 19. The fourth-order valence-electron chi connectivity index (χ4n) is 13.1. The second-order valence-electron chi connectivity index (χ2n) is 24.3. The molecule has 24 heteroatoms. The monoisotopic (exact) mass is 1270 g/mol. The van der Waals surface area contributed by atoms with Crippen LogP contribution in [0.5, 0.6) is 0 Å². The summed E-state index contributed by atoms with van der Waals surface area (Å²) in [6.45, 7) is 10.3. The van der Waals surface area contributed by atoms with Gasteiger partial charge in [-0.3, -0.25) is 39.2 Å². The fraction of sp³-hybridized carbons (Fsp3) is 0.429. The highest BCUT2D eigenvalue weighted by Gasteiger charge is 2.49. The Bertz CT molecular complexity index is 3720. The van der Waals surface area contributed by atoms with Crippen LogP contribution in [-0.2, 0) is 42.5 Å². The van der Waals surface area contributed by atoms with Gasteiger partial charge < -0.3 is 15.1 Å². The van der Waals surface area contributed by atoms with E-state index in [1.54, 1.807) is 24.3 Å². The summed E-state index contributed by atoms with van der Waals surface area (Å²) >= 11 is 7.62. The van der Waals surface area contributed by atoms with Gasteiger partial charge in [0.1, 0.15) is 16.8 Å². The van der Waals surface area contributed by atoms with Crippen LogP contribution < -0.4 is 20.3 Å². The first kappa shape index (κ1) is 62.3. The van der Waals surface area contributed by atoms with Gasteiger partial charge in [0.25, 0.3) is 31.7 Å². The molecule has 5 fully saturated rings. The molecule has 5 saturated heterocycles. The van der Waals surface area contributed by atoms with Crippen LogP contribution in [0.25, 0.3) is 5.57 Å². The number of imide groups is 1. The average Bonchev–Trinajstić information content (AvgIpc) is 1.89. The van der Waals surface area contributed by atoms with Crippen molar-refractivity contribution < 1.29 is 53.6 Å². The van der Waals surface area contributed by atoms with Crippen LogP contribution in [0.2, 0.25) is 5.02 Å². The average molecular weight is 1270 g/mol. The van der Waals surface area contributed by atoms with E-state index in [2.05, 4.69) is 56.2 Å². The zero-order valence-electron chi connectivity index (χ0n) is 48.3. The van der Waals surface area contributed by atoms with Crippen LogP contribution in [0.4, 0.5) is 28.9 Å². The molecule has 0 spiro atoms. The van der Waals surface area contributed by atoms with Gasteiger partial charge in [0.15, 0.2) is 0 Å². The molecule has 6 aliphatic heterocycles. The lowest BCUT2D eigenvalue weighted by Crippen LogP contribution is -2.62. The number of carbonyl (C=O) groups is 4. The minimum atomic E-state index is -6.18. The van der Waals surface area contributed by atoms with Gasteiger partial charge in [-0.25, -0.2) is 25.9 Å². The summed E-state index contributed by atoms with van der Waals surface area (Å²) in [7, 11) is -11.1. The Balaban J connectivity index is 0.738. The number of piperidine rings is 3. The SMILES string of the molecule is CC1(C)CCC(c2ccc(Cl)cc2)=C(CN2CCN(c3ccc(C(=O)NS(=O)(=O)c4ccc(N[C@H](CCN5CC6CCC5CN6Cc5ccc6c(c5F)CN(C5CCC(=O)NC5=O)C6=O)CSc5ccccc5)c(S(=O)(=O)C(F)(F)F)c4)cc3)CC2)C1. The maximum atomic E-state index is 16.3. The smallest absolute Gasteiger partial charge is 0.380 e. The first-order chi connectivity index (χ1) is 41.4. The molecule has 7 aliphatic rings. The highest BCUT2D eigenvalue weighted by molar-refractivity contribution is 7.99. The topological polar surface area (TPSA) is 189 Å². The largest absolute Gasteiger partial charge is 0.501 e. The molecule has 0 radical (unpaired) electrons. The predicted molar refractivity (Wildman–Crippen MR) is 326 cm³/mol. The van der Waals surface area contributed by atoms with Crippen LogP contribution in [0, 0.1) is 11.2 Å². The van der Waals surface area contributed by atoms with E-state index in [0.29, 0.717) is 55.8 Å². The van der Waals surface area contributed by atoms with Crippen molar-refractivity contribution in [1.29, 1.82) is 0 Å². The summed E-state index contributed by atoms with van der Waals surface area (Å²) in [5.74, 6) is -2.76. The number of thioether (sulfide) groups is 1. The van der Waals surface area contributed by atoms with Crippen molar-refractivity contribution in [2.75, 3.05) is 68.3 Å². The maximum absolute atomic E-state index is 16.3. The van der Waals surface area contributed by atoms with Crippen molar-refractivity contribution in [3.63, 3.8) is 0 Å². The molecule has 6 heterocycles. The van der Waals surface area contributed by atoms with Crippen LogP contribution in [0.1, 0.15) is 103 Å². The minimum Gasteiger partial charge on any atom is -0.380 e. The molecular formula is C63H69ClF4N8O8S3. The number of alkyl halides is 3. The Morgan fingerprint density at radius 2 is 1.53 bits per heavy atom. The molecule has 5 aromatic rings. The van der Waals surface area contributed by atoms with Crippen LogP contribution in [0.15, 0.2) is 129 Å². The Morgan fingerprint density at radius 1 is 0.828 bits per heavy atom. The second kappa shape index (κ2) is 25.3. The fourth-order valence-corrected chi connectivity index (χ4v) is 16.3. The number of anilines is 2. The zero-order valence-corrected chi connectivity index (χ0v) is 51.5. The Kier molecular flexibility index (Phi) is 18.1. The maximum Gasteiger partial charge on any atom is 0.501 e. The second-order valence-corrected chi connectivity index (χ2v) is 29.4. The molecular weight excluding hydrogens is 1200 g/mol. The van der Waals surface area contributed by atoms with E-state index in [-0.39, 0.29) is 65.9 Å². The Morgan fingerprint density at radius 3 is 2.21 bits per heavy atom. The van der Waals surface area contributed by atoms with Gasteiger partial charge in [-0.2, -0.15) is 13.2 Å². The van der Waals surface area contributed by atoms with E-state index in [1.165, 1.54) is 45.5 Å². The van der Waals surface area contributed by atoms with Crippen molar-refractivity contribution in [2.45, 2.75) is 123 Å². The van der Waals surface area contributed by atoms with Gasteiger partial charge in [-0.1, -0.05) is 67.4 Å². The van der Waals surface area contributed by atoms with E-state index in [4.69, 9.17) is 11.6 Å². The van der Waals surface area contributed by atoms with Gasteiger partial charge in [0, 0.05) is 127 Å². The van der Waals surface area contributed by atoms with Gasteiger partial charge in [-0.15, -0.1) is 11.8 Å². The van der Waals surface area contributed by atoms with E-state index in [9.17, 15) is 49.2 Å². The van der Waals surface area contributed by atoms with E-state index in [0.717, 1.165) is 74.5 Å². The normalized spacial score (nSPS) is 21.7. The number of hydrogen-bond acceptors (Lipinski definition) is 14. The molecule has 462 valence electrons. The molecule has 5 aromatic carbocycles. The number of fused-ring (bicyclic) bond motifs is 4. The van der Waals surface area contributed by atoms with Gasteiger partial charge in [0.05, 0.1) is 17.1 Å². The Labute approximate surface area is 514 Å². The summed E-state index contributed by atoms with van der Waals surface area (Å²) in [5, 5.41) is 6.02. The molecule has 4 amide bonds. The first-order valence-electron chi connectivity index (χ1n) is 29.3. The molecule has 4 atom stereocenters. The van der Waals surface area contributed by atoms with Crippen molar-refractivity contribution in [1.82, 2.24) is 29.6 Å². The number of sulfonamides is 1. The molecule has 0 saturated carbocycles. The van der Waals surface area contributed by atoms with Crippen molar-refractivity contribution in [3.8, 4) is 0 Å². The van der Waals surface area contributed by atoms with Gasteiger partial charge in [0.2, 0.25) is 11.8 Å². The van der Waals surface area contributed by atoms with Crippen LogP contribution in [0.3, 0.4) is 0 Å². The molecule has 1 aliphatic carbocycles. The Hall–Kier alpha value is -6.34. The molecule has 12 rings (SSSR count). The number of amides is 4. The minimum absolute atomic E-state index is 0.0124. The molecule has 2 bridgehead atoms. The number of allylic oxidation sites excluding steroid dienone is 1. The number of hydrogen-bond donors (Lipinski definition) is 3. The lowest BCUT2D eigenvalue weighted by atomic mass is 9.73. The summed E-state index contributed by atoms with van der Waals surface area (Å²) in [6, 6.07) is 27.7. The number of halogens is 5. The number of piperazine rings is 2. The highest BCUT2D eigenvalue weighted by atomic mass is 35.5.